The van der Waals surface area contributed by atoms with Crippen molar-refractivity contribution in [1.82, 2.24) is 15.5 Å². The second-order valence-corrected chi connectivity index (χ2v) is 10.3. The molecule has 1 aromatic carbocycles. The lowest BCUT2D eigenvalue weighted by molar-refractivity contribution is -0.352. The van der Waals surface area contributed by atoms with E-state index in [2.05, 4.69) is 20.3 Å². The topological polar surface area (TPSA) is 107 Å². The Morgan fingerprint density at radius 3 is 2.58 bits per heavy atom. The van der Waals surface area contributed by atoms with Gasteiger partial charge in [0.25, 0.3) is 5.91 Å². The fraction of sp³-hybridized carbons (Fsp3) is 0.609. The van der Waals surface area contributed by atoms with Gasteiger partial charge in [-0.2, -0.15) is 0 Å². The largest absolute Gasteiger partial charge is 0.522 e. The molecule has 0 spiro atoms. The maximum atomic E-state index is 13.6. The third-order valence-electron chi connectivity index (χ3n) is 7.61. The highest BCUT2D eigenvalue weighted by Crippen LogP contribution is 2.54. The number of nitrogens with zero attached hydrogens (tertiary/aromatic N) is 2. The van der Waals surface area contributed by atoms with E-state index in [-0.39, 0.29) is 42.0 Å². The van der Waals surface area contributed by atoms with Crippen LogP contribution >= 0.6 is 11.6 Å². The summed E-state index contributed by atoms with van der Waals surface area (Å²) in [6, 6.07) is 3.87. The number of aliphatic hydroxyl groups excluding tert-OH is 1. The summed E-state index contributed by atoms with van der Waals surface area (Å²) in [6.45, 7) is -0.353. The van der Waals surface area contributed by atoms with Gasteiger partial charge in [-0.15, -0.1) is 23.4 Å². The van der Waals surface area contributed by atoms with Crippen molar-refractivity contribution < 1.29 is 41.4 Å². The molecule has 2 aromatic rings. The molecule has 6 rings (SSSR count). The van der Waals surface area contributed by atoms with Crippen molar-refractivity contribution in [1.29, 1.82) is 0 Å². The van der Waals surface area contributed by atoms with Crippen molar-refractivity contribution in [2.75, 3.05) is 6.61 Å². The van der Waals surface area contributed by atoms with E-state index in [1.165, 1.54) is 12.1 Å². The fourth-order valence-electron chi connectivity index (χ4n) is 5.48. The van der Waals surface area contributed by atoms with Crippen LogP contribution in [0, 0.1) is 5.82 Å². The van der Waals surface area contributed by atoms with Gasteiger partial charge in [0.1, 0.15) is 11.6 Å². The number of alkyl halides is 3. The van der Waals surface area contributed by atoms with Gasteiger partial charge in [-0.1, -0.05) is 11.6 Å². The zero-order chi connectivity index (χ0) is 25.7. The van der Waals surface area contributed by atoms with Gasteiger partial charge >= 0.3 is 6.36 Å². The third kappa shape index (κ3) is 4.90. The number of amides is 1. The Balaban J connectivity index is 1.17. The summed E-state index contributed by atoms with van der Waals surface area (Å²) in [4.78, 5) is 12.6. The van der Waals surface area contributed by atoms with E-state index in [0.717, 1.165) is 6.07 Å². The van der Waals surface area contributed by atoms with Gasteiger partial charge in [0.15, 0.2) is 6.61 Å². The molecule has 1 heterocycles. The first kappa shape index (κ1) is 25.2. The summed E-state index contributed by atoms with van der Waals surface area (Å²) in [5.41, 5.74) is -1.38. The smallest absolute Gasteiger partial charge is 0.484 e. The molecule has 0 radical (unpaired) electrons. The molecule has 0 aliphatic heterocycles. The molecule has 2 bridgehead atoms. The molecule has 36 heavy (non-hydrogen) atoms. The predicted octanol–water partition coefficient (Wildman–Crippen LogP) is 4.15. The molecule has 0 saturated heterocycles. The van der Waals surface area contributed by atoms with E-state index < -0.39 is 41.2 Å². The maximum absolute atomic E-state index is 13.6. The number of benzene rings is 1. The molecule has 2 N–H and O–H groups in total. The van der Waals surface area contributed by atoms with Crippen molar-refractivity contribution in [3.8, 4) is 5.75 Å². The van der Waals surface area contributed by atoms with Gasteiger partial charge in [0, 0.05) is 12.0 Å². The van der Waals surface area contributed by atoms with Crippen LogP contribution in [0.3, 0.4) is 0 Å². The van der Waals surface area contributed by atoms with Gasteiger partial charge in [-0.05, 0) is 57.1 Å². The second kappa shape index (κ2) is 9.14. The molecule has 8 nitrogen and oxygen atoms in total. The number of nitrogens with one attached hydrogen (secondary N) is 1. The lowest BCUT2D eigenvalue weighted by Gasteiger charge is -2.54. The third-order valence-corrected chi connectivity index (χ3v) is 7.92. The van der Waals surface area contributed by atoms with E-state index in [1.54, 1.807) is 0 Å². The van der Waals surface area contributed by atoms with Crippen LogP contribution in [0.4, 0.5) is 17.6 Å². The number of hydrogen-bond donors (Lipinski definition) is 2. The van der Waals surface area contributed by atoms with Crippen LogP contribution in [-0.2, 0) is 14.9 Å². The number of rotatable bonds is 7. The molecule has 1 aromatic heterocycles. The van der Waals surface area contributed by atoms with E-state index in [1.807, 2.05) is 0 Å². The number of fused-ring (bicyclic) bond motifs is 3. The van der Waals surface area contributed by atoms with Crippen LogP contribution < -0.4 is 10.1 Å². The minimum absolute atomic E-state index is 0.0533. The summed E-state index contributed by atoms with van der Waals surface area (Å²) in [6.07, 6.45) is -3.76. The van der Waals surface area contributed by atoms with Gasteiger partial charge in [0.2, 0.25) is 11.8 Å². The summed E-state index contributed by atoms with van der Waals surface area (Å²) >= 11 is 5.64. The Hall–Kier alpha value is -2.44. The Kier molecular flexibility index (Phi) is 6.40. The minimum atomic E-state index is -4.67. The van der Waals surface area contributed by atoms with E-state index >= 15 is 0 Å². The maximum Gasteiger partial charge on any atom is 0.522 e. The monoisotopic (exact) mass is 533 g/mol. The molecule has 196 valence electrons. The molecule has 0 unspecified atom stereocenters. The number of hydrogen-bond acceptors (Lipinski definition) is 7. The lowest BCUT2D eigenvalue weighted by Crippen LogP contribution is -2.66. The molecule has 13 heteroatoms. The Morgan fingerprint density at radius 2 is 1.94 bits per heavy atom. The zero-order valence-electron chi connectivity index (χ0n) is 19.0. The van der Waals surface area contributed by atoms with Gasteiger partial charge < -0.3 is 19.6 Å². The highest BCUT2D eigenvalue weighted by molar-refractivity contribution is 6.30. The molecular formula is C23H24ClF4N3O5. The SMILES string of the molecule is O=C(COc1ccc(Cl)c(F)c1)NC12CCC(c3nnc([C@H]4C[C@@H](OC(F)(F)F)C4)o3)(CC1)C[C@@H]2O. The molecule has 4 aliphatic carbocycles. The minimum Gasteiger partial charge on any atom is -0.484 e. The summed E-state index contributed by atoms with van der Waals surface area (Å²) < 4.78 is 65.9. The molecular weight excluding hydrogens is 510 g/mol. The number of aliphatic hydroxyl groups is 1. The van der Waals surface area contributed by atoms with E-state index in [4.69, 9.17) is 20.8 Å². The number of aromatic nitrogens is 2. The second-order valence-electron chi connectivity index (χ2n) is 9.87. The molecule has 1 atom stereocenters. The highest BCUT2D eigenvalue weighted by atomic mass is 35.5. The van der Waals surface area contributed by atoms with E-state index in [9.17, 15) is 27.5 Å². The Labute approximate surface area is 208 Å². The lowest BCUT2D eigenvalue weighted by atomic mass is 9.55. The highest BCUT2D eigenvalue weighted by Gasteiger charge is 2.57. The van der Waals surface area contributed by atoms with Crippen molar-refractivity contribution in [3.63, 3.8) is 0 Å². The van der Waals surface area contributed by atoms with Crippen LogP contribution in [-0.4, -0.2) is 51.9 Å². The van der Waals surface area contributed by atoms with Gasteiger partial charge in [-0.25, -0.2) is 4.39 Å². The summed E-state index contributed by atoms with van der Waals surface area (Å²) in [5, 5.41) is 22.0. The fourth-order valence-corrected chi connectivity index (χ4v) is 5.60. The zero-order valence-corrected chi connectivity index (χ0v) is 19.7. The average molecular weight is 534 g/mol. The first-order chi connectivity index (χ1) is 17.0. The van der Waals surface area contributed by atoms with E-state index in [0.29, 0.717) is 38.0 Å². The quantitative estimate of drug-likeness (QED) is 0.515. The summed E-state index contributed by atoms with van der Waals surface area (Å²) in [7, 11) is 0. The number of carbonyl (C=O) groups is 1. The Bertz CT molecular complexity index is 1130. The first-order valence-electron chi connectivity index (χ1n) is 11.6. The van der Waals surface area contributed by atoms with Crippen molar-refractivity contribution in [2.24, 2.45) is 0 Å². The van der Waals surface area contributed by atoms with Gasteiger partial charge in [0.05, 0.1) is 28.2 Å². The van der Waals surface area contributed by atoms with Crippen LogP contribution in [0.1, 0.15) is 62.6 Å². The molecule has 4 saturated carbocycles. The molecule has 1 amide bonds. The van der Waals surface area contributed by atoms with Crippen molar-refractivity contribution >= 4 is 17.5 Å². The van der Waals surface area contributed by atoms with Gasteiger partial charge in [-0.3, -0.25) is 9.53 Å². The van der Waals surface area contributed by atoms with Crippen LogP contribution in [0.5, 0.6) is 5.75 Å². The predicted molar refractivity (Wildman–Crippen MR) is 116 cm³/mol. The molecule has 4 fully saturated rings. The average Bonchev–Trinajstić information content (AvgIpc) is 3.28. The normalized spacial score (nSPS) is 31.7. The van der Waals surface area contributed by atoms with Crippen molar-refractivity contribution in [3.05, 3.63) is 40.8 Å². The van der Waals surface area contributed by atoms with Crippen LogP contribution in [0.15, 0.2) is 22.6 Å². The number of halogens is 5. The summed E-state index contributed by atoms with van der Waals surface area (Å²) in [5.74, 6) is -0.590. The Morgan fingerprint density at radius 1 is 1.22 bits per heavy atom. The van der Waals surface area contributed by atoms with Crippen LogP contribution in [0.2, 0.25) is 5.02 Å². The van der Waals surface area contributed by atoms with Crippen LogP contribution in [0.25, 0.3) is 0 Å². The van der Waals surface area contributed by atoms with Crippen molar-refractivity contribution in [2.45, 2.75) is 80.4 Å². The standard InChI is InChI=1S/C23H24ClF4N3O5/c24-15-2-1-13(9-16(15)25)34-11-18(33)29-22-5-3-21(4-6-22,10-17(22)32)20-31-30-19(35-20)12-7-14(8-12)36-23(26,27)28/h1-2,9,12,14,17,32H,3-8,10-11H2,(H,29,33)/t12-,14+,17-,21?,22?/m0/s1. The first-order valence-corrected chi connectivity index (χ1v) is 12.0. The number of carbonyl (C=O) groups excluding carboxylic acids is 1. The number of ether oxygens (including phenoxy) is 2. The molecule has 4 aliphatic rings.